The molecule has 442 valence electrons. The molecule has 0 aliphatic rings. The molecular formula is C49H80N14O16. The van der Waals surface area contributed by atoms with Crippen LogP contribution in [0.1, 0.15) is 105 Å². The van der Waals surface area contributed by atoms with Crippen LogP contribution in [-0.2, 0) is 68.7 Å². The number of rotatable bonds is 37. The van der Waals surface area contributed by atoms with Gasteiger partial charge >= 0.3 is 5.97 Å². The molecule has 22 N–H and O–H groups in total. The van der Waals surface area contributed by atoms with E-state index in [1.807, 2.05) is 0 Å². The van der Waals surface area contributed by atoms with Crippen molar-refractivity contribution in [3.05, 3.63) is 29.8 Å². The summed E-state index contributed by atoms with van der Waals surface area (Å²) < 4.78 is 0. The van der Waals surface area contributed by atoms with Crippen LogP contribution in [0.3, 0.4) is 0 Å². The molecule has 0 radical (unpaired) electrons. The fourth-order valence-corrected chi connectivity index (χ4v) is 7.41. The molecule has 0 unspecified atom stereocenters. The minimum atomic E-state index is -1.83. The van der Waals surface area contributed by atoms with Crippen molar-refractivity contribution in [3.8, 4) is 5.75 Å². The first-order valence-electron chi connectivity index (χ1n) is 25.6. The van der Waals surface area contributed by atoms with Gasteiger partial charge in [-0.1, -0.05) is 39.8 Å². The lowest BCUT2D eigenvalue weighted by molar-refractivity contribution is -0.142. The molecule has 0 saturated heterocycles. The fraction of sp³-hybridized carbons (Fsp3) is 0.612. The lowest BCUT2D eigenvalue weighted by Gasteiger charge is -2.28. The molecule has 0 fully saturated rings. The molecule has 0 heterocycles. The lowest BCUT2D eigenvalue weighted by Crippen LogP contribution is -2.61. The number of carboxylic acids is 1. The maximum atomic E-state index is 14.0. The number of aliphatic hydroxyl groups is 1. The first-order chi connectivity index (χ1) is 36.9. The topological polar surface area (TPSA) is 521 Å². The van der Waals surface area contributed by atoms with E-state index in [0.717, 1.165) is 0 Å². The Morgan fingerprint density at radius 2 is 0.975 bits per heavy atom. The summed E-state index contributed by atoms with van der Waals surface area (Å²) in [6.07, 6.45) is -3.75. The molecule has 12 amide bonds. The van der Waals surface area contributed by atoms with Crippen molar-refractivity contribution in [3.63, 3.8) is 0 Å². The van der Waals surface area contributed by atoms with Gasteiger partial charge in [0.15, 0.2) is 0 Å². The maximum Gasteiger partial charge on any atom is 0.326 e. The number of nitrogens with two attached hydrogens (primary N) is 5. The van der Waals surface area contributed by atoms with Gasteiger partial charge in [0.1, 0.15) is 54.1 Å². The number of nitrogens with one attached hydrogen (secondary N) is 9. The number of phenols is 1. The van der Waals surface area contributed by atoms with Crippen LogP contribution in [0.15, 0.2) is 24.3 Å². The number of phenolic OH excluding ortho intramolecular Hbond substituents is 1. The monoisotopic (exact) mass is 1120 g/mol. The first kappa shape index (κ1) is 69.0. The lowest BCUT2D eigenvalue weighted by atomic mass is 10.0. The van der Waals surface area contributed by atoms with E-state index >= 15 is 0 Å². The van der Waals surface area contributed by atoms with E-state index < -0.39 is 182 Å². The Kier molecular flexibility index (Phi) is 30.3. The summed E-state index contributed by atoms with van der Waals surface area (Å²) in [5.41, 5.74) is 27.8. The van der Waals surface area contributed by atoms with E-state index in [-0.39, 0.29) is 37.5 Å². The number of aliphatic carboxylic acids is 1. The molecule has 10 atom stereocenters. The van der Waals surface area contributed by atoms with Crippen molar-refractivity contribution >= 4 is 76.9 Å². The Morgan fingerprint density at radius 3 is 1.46 bits per heavy atom. The van der Waals surface area contributed by atoms with E-state index in [2.05, 4.69) is 47.9 Å². The van der Waals surface area contributed by atoms with Crippen molar-refractivity contribution in [1.82, 2.24) is 47.9 Å². The van der Waals surface area contributed by atoms with Gasteiger partial charge < -0.3 is 91.8 Å². The van der Waals surface area contributed by atoms with E-state index in [0.29, 0.717) is 18.4 Å². The van der Waals surface area contributed by atoms with Gasteiger partial charge in [0.2, 0.25) is 70.9 Å². The van der Waals surface area contributed by atoms with Crippen molar-refractivity contribution in [2.24, 2.45) is 40.5 Å². The zero-order valence-electron chi connectivity index (χ0n) is 45.3. The van der Waals surface area contributed by atoms with Crippen LogP contribution in [-0.4, -0.2) is 166 Å². The number of carboxylic acid groups (broad SMARTS) is 1. The normalized spacial score (nSPS) is 14.9. The van der Waals surface area contributed by atoms with Crippen LogP contribution >= 0.6 is 0 Å². The van der Waals surface area contributed by atoms with Crippen LogP contribution < -0.4 is 76.5 Å². The van der Waals surface area contributed by atoms with Crippen LogP contribution in [0.25, 0.3) is 0 Å². The molecule has 0 aliphatic carbocycles. The van der Waals surface area contributed by atoms with E-state index in [9.17, 15) is 77.6 Å². The molecule has 0 aromatic heterocycles. The highest BCUT2D eigenvalue weighted by Gasteiger charge is 2.36. The molecule has 79 heavy (non-hydrogen) atoms. The molecule has 0 spiro atoms. The molecular weight excluding hydrogens is 1040 g/mol. The number of aromatic hydroxyl groups is 1. The average molecular weight is 1120 g/mol. The number of carbonyl (C=O) groups excluding carboxylic acids is 12. The highest BCUT2D eigenvalue weighted by atomic mass is 16.4. The zero-order chi connectivity index (χ0) is 60.3. The minimum absolute atomic E-state index is 0.0103. The second-order valence-electron chi connectivity index (χ2n) is 19.7. The Hall–Kier alpha value is -7.99. The zero-order valence-corrected chi connectivity index (χ0v) is 45.3. The molecule has 30 heteroatoms. The smallest absolute Gasteiger partial charge is 0.326 e. The number of aliphatic hydroxyl groups excluding tert-OH is 1. The number of hydrogen-bond acceptors (Lipinski definition) is 17. The number of benzene rings is 1. The van der Waals surface area contributed by atoms with Gasteiger partial charge in [-0.3, -0.25) is 57.5 Å². The predicted molar refractivity (Wildman–Crippen MR) is 281 cm³/mol. The predicted octanol–water partition coefficient (Wildman–Crippen LogP) is -6.02. The Labute approximate surface area is 456 Å². The molecule has 0 bridgehead atoms. The van der Waals surface area contributed by atoms with E-state index in [1.165, 1.54) is 52.0 Å². The molecule has 30 nitrogen and oxygen atoms in total. The fourth-order valence-electron chi connectivity index (χ4n) is 7.41. The Bertz CT molecular complexity index is 2300. The van der Waals surface area contributed by atoms with Gasteiger partial charge in [-0.2, -0.15) is 0 Å². The van der Waals surface area contributed by atoms with Gasteiger partial charge in [-0.05, 0) is 88.4 Å². The standard InChI is InChI=1S/C49H80N14O16/c1-23(2)19-32(45(74)57-29(9-7-8-18-50)43(72)61-34(49(78)79)20-27-10-12-28(65)13-11-27)59-46(75)33(21-37(54)68)60-44(73)31(15-17-36(53)67)56-38(69)22-55-42(71)30(14-16-35(52)66)58-47(76)39(24(3)4)62-48(77)40(26(6)64)63-41(70)25(5)51/h10-13,23-26,29-34,39-40,64-65H,7-9,14-22,50-51H2,1-6H3,(H2,52,66)(H2,53,67)(H2,54,68)(H,55,71)(H,56,69)(H,57,74)(H,58,76)(H,59,75)(H,60,73)(H,61,72)(H,62,77)(H,63,70)(H,78,79)/t25-,26+,29-,30-,31-,32-,33-,34-,39-,40-/m0/s1. The second kappa shape index (κ2) is 34.7. The third-order valence-corrected chi connectivity index (χ3v) is 11.7. The molecule has 0 aliphatic heterocycles. The van der Waals surface area contributed by atoms with Crippen molar-refractivity contribution in [1.29, 1.82) is 0 Å². The average Bonchev–Trinajstić information content (AvgIpc) is 3.35. The largest absolute Gasteiger partial charge is 0.508 e. The van der Waals surface area contributed by atoms with Crippen LogP contribution in [0.4, 0.5) is 0 Å². The van der Waals surface area contributed by atoms with Gasteiger partial charge in [-0.25, -0.2) is 4.79 Å². The van der Waals surface area contributed by atoms with Gasteiger partial charge in [0.05, 0.1) is 25.1 Å². The van der Waals surface area contributed by atoms with E-state index in [4.69, 9.17) is 28.7 Å². The third-order valence-electron chi connectivity index (χ3n) is 11.7. The highest BCUT2D eigenvalue weighted by molar-refractivity contribution is 5.99. The molecule has 1 rings (SSSR count). The molecule has 0 saturated carbocycles. The summed E-state index contributed by atoms with van der Waals surface area (Å²) in [6.45, 7) is 8.30. The Balaban J connectivity index is 3.35. The van der Waals surface area contributed by atoms with Crippen molar-refractivity contribution < 1.29 is 77.6 Å². The summed E-state index contributed by atoms with van der Waals surface area (Å²) in [5, 5.41) is 51.1. The van der Waals surface area contributed by atoms with Gasteiger partial charge in [0, 0.05) is 19.3 Å². The molecule has 1 aromatic carbocycles. The number of unbranched alkanes of at least 4 members (excludes halogenated alkanes) is 1. The number of amides is 12. The van der Waals surface area contributed by atoms with Crippen molar-refractivity contribution in [2.75, 3.05) is 13.1 Å². The van der Waals surface area contributed by atoms with E-state index in [1.54, 1.807) is 13.8 Å². The highest BCUT2D eigenvalue weighted by Crippen LogP contribution is 2.14. The summed E-state index contributed by atoms with van der Waals surface area (Å²) in [4.78, 5) is 169. The number of primary amides is 3. The van der Waals surface area contributed by atoms with Crippen LogP contribution in [0.5, 0.6) is 5.75 Å². The number of hydrogen-bond donors (Lipinski definition) is 17. The summed E-state index contributed by atoms with van der Waals surface area (Å²) in [7, 11) is 0. The van der Waals surface area contributed by atoms with Crippen LogP contribution in [0, 0.1) is 11.8 Å². The minimum Gasteiger partial charge on any atom is -0.508 e. The second-order valence-corrected chi connectivity index (χ2v) is 19.7. The number of carbonyl (C=O) groups is 13. The summed E-state index contributed by atoms with van der Waals surface area (Å²) >= 11 is 0. The Morgan fingerprint density at radius 1 is 0.519 bits per heavy atom. The molecule has 1 aromatic rings. The summed E-state index contributed by atoms with van der Waals surface area (Å²) in [5.74, 6) is -14.3. The van der Waals surface area contributed by atoms with Gasteiger partial charge in [0.25, 0.3) is 0 Å². The third kappa shape index (κ3) is 26.8. The first-order valence-corrected chi connectivity index (χ1v) is 25.6. The van der Waals surface area contributed by atoms with Crippen molar-refractivity contribution in [2.45, 2.75) is 166 Å². The SMILES string of the molecule is CC(C)C[C@H](NC(=O)[C@H](CC(N)=O)NC(=O)[C@H](CCC(N)=O)NC(=O)CNC(=O)[C@H](CCC(N)=O)NC(=O)[C@@H](NC(=O)[C@@H](NC(=O)[C@H](C)N)[C@@H](C)O)C(C)C)C(=O)N[C@@H](CCCCN)C(=O)N[C@@H](Cc1ccc(O)cc1)C(=O)O. The summed E-state index contributed by atoms with van der Waals surface area (Å²) in [6, 6.07) is -7.76. The quantitative estimate of drug-likeness (QED) is 0.0276. The van der Waals surface area contributed by atoms with Crippen LogP contribution in [0.2, 0.25) is 0 Å². The maximum absolute atomic E-state index is 14.0. The van der Waals surface area contributed by atoms with Gasteiger partial charge in [-0.15, -0.1) is 0 Å².